The van der Waals surface area contributed by atoms with Gasteiger partial charge in [0.2, 0.25) is 0 Å². The van der Waals surface area contributed by atoms with Gasteiger partial charge in [-0.15, -0.1) is 0 Å². The first-order valence-electron chi connectivity index (χ1n) is 6.72. The monoisotopic (exact) mass is 226 g/mol. The maximum atomic E-state index is 10.5. The quantitative estimate of drug-likeness (QED) is 0.776. The molecule has 5 atom stereocenters. The zero-order valence-electron chi connectivity index (χ0n) is 11.0. The van der Waals surface area contributed by atoms with Gasteiger partial charge in [0.15, 0.2) is 0 Å². The van der Waals surface area contributed by atoms with Crippen LogP contribution in [-0.2, 0) is 0 Å². The van der Waals surface area contributed by atoms with E-state index in [0.29, 0.717) is 5.92 Å². The topological polar surface area (TPSA) is 40.5 Å². The SMILES string of the molecule is CCCC(O)C1C2CCC(C)(C1O)C2(C)C. The molecule has 94 valence electrons. The molecule has 2 rings (SSSR count). The van der Waals surface area contributed by atoms with E-state index < -0.39 is 0 Å². The molecule has 2 fully saturated rings. The molecule has 2 heteroatoms. The second kappa shape index (κ2) is 3.71. The van der Waals surface area contributed by atoms with Crippen LogP contribution in [0.2, 0.25) is 0 Å². The van der Waals surface area contributed by atoms with Crippen LogP contribution in [-0.4, -0.2) is 22.4 Å². The van der Waals surface area contributed by atoms with Gasteiger partial charge < -0.3 is 10.2 Å². The summed E-state index contributed by atoms with van der Waals surface area (Å²) in [6.45, 7) is 8.84. The summed E-state index contributed by atoms with van der Waals surface area (Å²) in [4.78, 5) is 0. The predicted octanol–water partition coefficient (Wildman–Crippen LogP) is 2.58. The van der Waals surface area contributed by atoms with Gasteiger partial charge in [-0.05, 0) is 36.0 Å². The Labute approximate surface area is 99.1 Å². The smallest absolute Gasteiger partial charge is 0.0654 e. The molecule has 0 amide bonds. The van der Waals surface area contributed by atoms with Crippen molar-refractivity contribution in [1.82, 2.24) is 0 Å². The first-order chi connectivity index (χ1) is 7.36. The Hall–Kier alpha value is -0.0800. The van der Waals surface area contributed by atoms with Gasteiger partial charge >= 0.3 is 0 Å². The van der Waals surface area contributed by atoms with Crippen LogP contribution in [0.15, 0.2) is 0 Å². The van der Waals surface area contributed by atoms with Gasteiger partial charge in [-0.2, -0.15) is 0 Å². The Morgan fingerprint density at radius 2 is 1.94 bits per heavy atom. The van der Waals surface area contributed by atoms with Crippen molar-refractivity contribution in [3.63, 3.8) is 0 Å². The fourth-order valence-electron chi connectivity index (χ4n) is 4.38. The zero-order valence-corrected chi connectivity index (χ0v) is 11.0. The van der Waals surface area contributed by atoms with E-state index in [2.05, 4.69) is 27.7 Å². The molecule has 0 heterocycles. The predicted molar refractivity (Wildman–Crippen MR) is 65.0 cm³/mol. The van der Waals surface area contributed by atoms with Gasteiger partial charge in [0.05, 0.1) is 12.2 Å². The van der Waals surface area contributed by atoms with Gasteiger partial charge in [0.25, 0.3) is 0 Å². The molecular formula is C14H26O2. The van der Waals surface area contributed by atoms with E-state index in [1.165, 1.54) is 6.42 Å². The summed E-state index contributed by atoms with van der Waals surface area (Å²) in [5, 5.41) is 20.7. The second-order valence-electron chi connectivity index (χ2n) is 6.66. The summed E-state index contributed by atoms with van der Waals surface area (Å²) in [6, 6.07) is 0. The van der Waals surface area contributed by atoms with E-state index in [1.807, 2.05) is 0 Å². The first kappa shape index (κ1) is 12.4. The highest BCUT2D eigenvalue weighted by molar-refractivity contribution is 5.15. The van der Waals surface area contributed by atoms with Gasteiger partial charge in [0.1, 0.15) is 0 Å². The van der Waals surface area contributed by atoms with Gasteiger partial charge in [-0.3, -0.25) is 0 Å². The summed E-state index contributed by atoms with van der Waals surface area (Å²) >= 11 is 0. The minimum absolute atomic E-state index is 0.0110. The van der Waals surface area contributed by atoms with Crippen LogP contribution in [0, 0.1) is 22.7 Å². The lowest BCUT2D eigenvalue weighted by molar-refractivity contribution is -0.0523. The third-order valence-electron chi connectivity index (χ3n) is 5.88. The standard InChI is InChI=1S/C14H26O2/c1-5-6-10(15)11-9-7-8-14(4,12(11)16)13(9,2)3/h9-12,15-16H,5-8H2,1-4H3. The normalized spacial score (nSPS) is 47.2. The van der Waals surface area contributed by atoms with E-state index in [4.69, 9.17) is 0 Å². The molecule has 16 heavy (non-hydrogen) atoms. The van der Waals surface area contributed by atoms with Gasteiger partial charge in [-0.1, -0.05) is 34.1 Å². The molecule has 0 saturated heterocycles. The fraction of sp³-hybridized carbons (Fsp3) is 1.00. The van der Waals surface area contributed by atoms with Crippen molar-refractivity contribution in [2.75, 3.05) is 0 Å². The van der Waals surface area contributed by atoms with Gasteiger partial charge in [0, 0.05) is 5.92 Å². The molecule has 0 aliphatic heterocycles. The van der Waals surface area contributed by atoms with Gasteiger partial charge in [-0.25, -0.2) is 0 Å². The van der Waals surface area contributed by atoms with Crippen LogP contribution < -0.4 is 0 Å². The van der Waals surface area contributed by atoms with Crippen molar-refractivity contribution in [3.05, 3.63) is 0 Å². The van der Waals surface area contributed by atoms with Crippen LogP contribution in [0.3, 0.4) is 0 Å². The van der Waals surface area contributed by atoms with E-state index >= 15 is 0 Å². The molecule has 0 aromatic rings. The van der Waals surface area contributed by atoms with Crippen molar-refractivity contribution in [2.45, 2.75) is 65.6 Å². The minimum atomic E-state index is -0.317. The molecule has 0 spiro atoms. The molecule has 2 aliphatic rings. The van der Waals surface area contributed by atoms with E-state index in [1.54, 1.807) is 0 Å². The fourth-order valence-corrected chi connectivity index (χ4v) is 4.38. The van der Waals surface area contributed by atoms with Crippen molar-refractivity contribution in [1.29, 1.82) is 0 Å². The molecule has 0 aromatic heterocycles. The Morgan fingerprint density at radius 3 is 2.38 bits per heavy atom. The van der Waals surface area contributed by atoms with Crippen molar-refractivity contribution >= 4 is 0 Å². The van der Waals surface area contributed by atoms with Crippen LogP contribution in [0.1, 0.15) is 53.4 Å². The number of rotatable bonds is 3. The molecule has 2 N–H and O–H groups in total. The van der Waals surface area contributed by atoms with Crippen LogP contribution >= 0.6 is 0 Å². The largest absolute Gasteiger partial charge is 0.393 e. The Morgan fingerprint density at radius 1 is 1.31 bits per heavy atom. The zero-order chi connectivity index (χ0) is 12.1. The van der Waals surface area contributed by atoms with Crippen molar-refractivity contribution in [3.8, 4) is 0 Å². The molecule has 2 aliphatic carbocycles. The highest BCUT2D eigenvalue weighted by atomic mass is 16.3. The lowest BCUT2D eigenvalue weighted by Crippen LogP contribution is -2.41. The van der Waals surface area contributed by atoms with E-state index in [-0.39, 0.29) is 29.0 Å². The van der Waals surface area contributed by atoms with Crippen LogP contribution in [0.4, 0.5) is 0 Å². The molecule has 2 bridgehead atoms. The van der Waals surface area contributed by atoms with Crippen LogP contribution in [0.5, 0.6) is 0 Å². The summed E-state index contributed by atoms with van der Waals surface area (Å²) in [7, 11) is 0. The highest BCUT2D eigenvalue weighted by Crippen LogP contribution is 2.68. The Kier molecular flexibility index (Phi) is 2.87. The van der Waals surface area contributed by atoms with E-state index in [0.717, 1.165) is 19.3 Å². The number of aliphatic hydroxyl groups excluding tert-OH is 2. The summed E-state index contributed by atoms with van der Waals surface area (Å²) in [5.74, 6) is 0.600. The maximum Gasteiger partial charge on any atom is 0.0654 e. The maximum absolute atomic E-state index is 10.5. The lowest BCUT2D eigenvalue weighted by Gasteiger charge is -2.38. The molecule has 2 nitrogen and oxygen atoms in total. The number of fused-ring (bicyclic) bond motifs is 2. The molecule has 2 saturated carbocycles. The highest BCUT2D eigenvalue weighted by Gasteiger charge is 2.66. The van der Waals surface area contributed by atoms with Crippen molar-refractivity contribution in [2.24, 2.45) is 22.7 Å². The molecule has 5 unspecified atom stereocenters. The second-order valence-corrected chi connectivity index (χ2v) is 6.66. The summed E-state index contributed by atoms with van der Waals surface area (Å²) in [6.07, 6.45) is 3.47. The third-order valence-corrected chi connectivity index (χ3v) is 5.88. The Balaban J connectivity index is 2.26. The lowest BCUT2D eigenvalue weighted by atomic mass is 9.70. The van der Waals surface area contributed by atoms with Crippen molar-refractivity contribution < 1.29 is 10.2 Å². The number of aliphatic hydroxyl groups is 2. The molecule has 0 radical (unpaired) electrons. The Bertz CT molecular complexity index is 274. The van der Waals surface area contributed by atoms with Crippen LogP contribution in [0.25, 0.3) is 0 Å². The van der Waals surface area contributed by atoms with E-state index in [9.17, 15) is 10.2 Å². The molecule has 0 aromatic carbocycles. The average molecular weight is 226 g/mol. The number of hydrogen-bond acceptors (Lipinski definition) is 2. The molecular weight excluding hydrogens is 200 g/mol. The first-order valence-corrected chi connectivity index (χ1v) is 6.72. The summed E-state index contributed by atoms with van der Waals surface area (Å²) < 4.78 is 0. The third kappa shape index (κ3) is 1.32. The minimum Gasteiger partial charge on any atom is -0.393 e. The summed E-state index contributed by atoms with van der Waals surface area (Å²) in [5.41, 5.74) is 0.183. The number of hydrogen-bond donors (Lipinski definition) is 2. The average Bonchev–Trinajstić information content (AvgIpc) is 2.50.